The van der Waals surface area contributed by atoms with Crippen LogP contribution in [0, 0.1) is 28.6 Å². The lowest BCUT2D eigenvalue weighted by molar-refractivity contribution is -0.219. The minimum atomic E-state index is -2.23. The Bertz CT molecular complexity index is 852. The molecule has 4 aliphatic carbocycles. The maximum atomic E-state index is 16.9. The average Bonchev–Trinajstić information content (AvgIpc) is 2.87. The summed E-state index contributed by atoms with van der Waals surface area (Å²) in [5, 5.41) is 31.9. The van der Waals surface area contributed by atoms with E-state index >= 15 is 4.39 Å². The number of halogens is 2. The van der Waals surface area contributed by atoms with Crippen LogP contribution in [0.2, 0.25) is 0 Å². The third-order valence-corrected chi connectivity index (χ3v) is 8.88. The first-order valence-electron chi connectivity index (χ1n) is 10.3. The molecule has 0 spiro atoms. The van der Waals surface area contributed by atoms with Gasteiger partial charge in [0.05, 0.1) is 6.10 Å². The van der Waals surface area contributed by atoms with E-state index in [1.165, 1.54) is 13.0 Å². The molecule has 0 bridgehead atoms. The maximum absolute atomic E-state index is 16.9. The first kappa shape index (κ1) is 20.8. The molecule has 0 unspecified atom stereocenters. The van der Waals surface area contributed by atoms with Gasteiger partial charge in [-0.25, -0.2) is 8.78 Å². The minimum absolute atomic E-state index is 0.0825. The van der Waals surface area contributed by atoms with E-state index < -0.39 is 70.0 Å². The molecule has 8 atom stereocenters. The molecule has 3 fully saturated rings. The first-order chi connectivity index (χ1) is 13.4. The molecule has 4 aliphatic rings. The van der Waals surface area contributed by atoms with Gasteiger partial charge in [-0.2, -0.15) is 0 Å². The summed E-state index contributed by atoms with van der Waals surface area (Å²) in [5.41, 5.74) is -6.60. The Kier molecular flexibility index (Phi) is 4.34. The van der Waals surface area contributed by atoms with Crippen LogP contribution in [0.25, 0.3) is 0 Å². The summed E-state index contributed by atoms with van der Waals surface area (Å²) in [6.07, 6.45) is 1.40. The van der Waals surface area contributed by atoms with Crippen LogP contribution in [0.1, 0.15) is 46.5 Å². The van der Waals surface area contributed by atoms with Crippen LogP contribution >= 0.6 is 0 Å². The van der Waals surface area contributed by atoms with Crippen LogP contribution in [-0.4, -0.2) is 50.9 Å². The normalized spacial score (nSPS) is 51.5. The second kappa shape index (κ2) is 6.05. The number of ketones is 2. The molecule has 7 heteroatoms. The van der Waals surface area contributed by atoms with Crippen LogP contribution in [0.4, 0.5) is 8.78 Å². The Balaban J connectivity index is 1.86. The molecule has 4 rings (SSSR count). The number of hydrogen-bond acceptors (Lipinski definition) is 5. The zero-order chi connectivity index (χ0) is 21.6. The third kappa shape index (κ3) is 2.14. The molecule has 0 aliphatic heterocycles. The largest absolute Gasteiger partial charge is 0.390 e. The highest BCUT2D eigenvalue weighted by Gasteiger charge is 2.75. The Morgan fingerprint density at radius 2 is 1.97 bits per heavy atom. The lowest BCUT2D eigenvalue weighted by atomic mass is 9.44. The molecular weight excluding hydrogens is 382 g/mol. The predicted octanol–water partition coefficient (Wildman–Crippen LogP) is 2.19. The van der Waals surface area contributed by atoms with Crippen molar-refractivity contribution >= 4 is 11.6 Å². The fourth-order valence-electron chi connectivity index (χ4n) is 7.34. The highest BCUT2D eigenvalue weighted by molar-refractivity contribution is 6.04. The van der Waals surface area contributed by atoms with Gasteiger partial charge in [-0.05, 0) is 56.1 Å². The number of hydrogen-bond donors (Lipinski definition) is 3. The van der Waals surface area contributed by atoms with Gasteiger partial charge in [0.25, 0.3) is 0 Å². The third-order valence-electron chi connectivity index (χ3n) is 8.88. The van der Waals surface area contributed by atoms with Crippen LogP contribution < -0.4 is 0 Å². The highest BCUT2D eigenvalue weighted by atomic mass is 19.1. The molecule has 0 heterocycles. The highest BCUT2D eigenvalue weighted by Crippen LogP contribution is 2.71. The smallest absolute Gasteiger partial charge is 0.213 e. The number of carbonyl (C=O) groups is 2. The Morgan fingerprint density at radius 1 is 1.31 bits per heavy atom. The van der Waals surface area contributed by atoms with Crippen molar-refractivity contribution in [3.05, 3.63) is 23.6 Å². The van der Waals surface area contributed by atoms with Crippen molar-refractivity contribution in [3.63, 3.8) is 0 Å². The minimum Gasteiger partial charge on any atom is -0.390 e. The molecular formula is C22H28F2O5. The molecule has 5 nitrogen and oxygen atoms in total. The lowest BCUT2D eigenvalue weighted by Gasteiger charge is -2.62. The Hall–Kier alpha value is -1.44. The Morgan fingerprint density at radius 3 is 2.59 bits per heavy atom. The SMILES string of the molecule is C[C@H]1C[C@H]2[C@@H]3CCC4=C(F)C(=O)C=C[C@]4(C)[C@@]3(F)[C@@H](O)C[C@]2(C)[C@@]1(O)C(=O)CO. The van der Waals surface area contributed by atoms with Gasteiger partial charge in [0.15, 0.2) is 17.3 Å². The van der Waals surface area contributed by atoms with Gasteiger partial charge in [-0.3, -0.25) is 9.59 Å². The molecule has 29 heavy (non-hydrogen) atoms. The fraction of sp³-hybridized carbons (Fsp3) is 0.727. The van der Waals surface area contributed by atoms with Crippen LogP contribution in [-0.2, 0) is 9.59 Å². The van der Waals surface area contributed by atoms with Gasteiger partial charge in [-0.15, -0.1) is 0 Å². The quantitative estimate of drug-likeness (QED) is 0.649. The second-order valence-electron chi connectivity index (χ2n) is 9.83. The summed E-state index contributed by atoms with van der Waals surface area (Å²) < 4.78 is 31.5. The van der Waals surface area contributed by atoms with E-state index in [1.807, 2.05) is 0 Å². The molecule has 0 aromatic rings. The molecule has 0 radical (unpaired) electrons. The van der Waals surface area contributed by atoms with Gasteiger partial charge >= 0.3 is 0 Å². The van der Waals surface area contributed by atoms with Crippen molar-refractivity contribution in [3.8, 4) is 0 Å². The van der Waals surface area contributed by atoms with Crippen LogP contribution in [0.3, 0.4) is 0 Å². The summed E-state index contributed by atoms with van der Waals surface area (Å²) in [4.78, 5) is 24.3. The zero-order valence-electron chi connectivity index (χ0n) is 16.9. The van der Waals surface area contributed by atoms with Gasteiger partial charge in [0.1, 0.15) is 12.2 Å². The summed E-state index contributed by atoms with van der Waals surface area (Å²) in [7, 11) is 0. The van der Waals surface area contributed by atoms with E-state index in [2.05, 4.69) is 0 Å². The lowest BCUT2D eigenvalue weighted by Crippen LogP contribution is -2.69. The number of alkyl halides is 1. The Labute approximate surface area is 168 Å². The van der Waals surface area contributed by atoms with Crippen LogP contribution in [0.5, 0.6) is 0 Å². The maximum Gasteiger partial charge on any atom is 0.213 e. The number of fused-ring (bicyclic) bond motifs is 5. The van der Waals surface area contributed by atoms with E-state index in [-0.39, 0.29) is 24.8 Å². The van der Waals surface area contributed by atoms with Crippen molar-refractivity contribution in [1.82, 2.24) is 0 Å². The molecule has 0 aromatic carbocycles. The molecule has 3 saturated carbocycles. The first-order valence-corrected chi connectivity index (χ1v) is 10.3. The van der Waals surface area contributed by atoms with E-state index in [9.17, 15) is 29.3 Å². The van der Waals surface area contributed by atoms with Gasteiger partial charge in [-0.1, -0.05) is 19.9 Å². The van der Waals surface area contributed by atoms with E-state index in [1.54, 1.807) is 13.8 Å². The van der Waals surface area contributed by atoms with E-state index in [4.69, 9.17) is 0 Å². The number of aliphatic hydroxyl groups is 3. The molecule has 3 N–H and O–H groups in total. The summed E-state index contributed by atoms with van der Waals surface area (Å²) >= 11 is 0. The predicted molar refractivity (Wildman–Crippen MR) is 100.0 cm³/mol. The molecule has 0 aromatic heterocycles. The molecule has 0 saturated heterocycles. The van der Waals surface area contributed by atoms with Crippen molar-refractivity contribution in [2.24, 2.45) is 28.6 Å². The number of aliphatic hydroxyl groups excluding tert-OH is 2. The van der Waals surface area contributed by atoms with Crippen molar-refractivity contribution in [2.45, 2.75) is 63.8 Å². The average molecular weight is 410 g/mol. The van der Waals surface area contributed by atoms with Gasteiger partial charge in [0, 0.05) is 16.7 Å². The summed E-state index contributed by atoms with van der Waals surface area (Å²) in [5.74, 6) is -4.12. The zero-order valence-corrected chi connectivity index (χ0v) is 16.9. The number of Topliss-reactive ketones (excluding diaryl/α,β-unsaturated/α-hetero) is 1. The van der Waals surface area contributed by atoms with Crippen molar-refractivity contribution < 1.29 is 33.7 Å². The molecule has 160 valence electrons. The number of allylic oxidation sites excluding steroid dienone is 4. The van der Waals surface area contributed by atoms with Gasteiger partial charge in [0.2, 0.25) is 5.78 Å². The number of carbonyl (C=O) groups excluding carboxylic acids is 2. The van der Waals surface area contributed by atoms with Crippen molar-refractivity contribution in [2.75, 3.05) is 6.61 Å². The van der Waals surface area contributed by atoms with Gasteiger partial charge < -0.3 is 15.3 Å². The summed E-state index contributed by atoms with van der Waals surface area (Å²) in [6, 6.07) is 0. The second-order valence-corrected chi connectivity index (χ2v) is 9.83. The molecule has 0 amide bonds. The van der Waals surface area contributed by atoms with Crippen molar-refractivity contribution in [1.29, 1.82) is 0 Å². The van der Waals surface area contributed by atoms with E-state index in [0.29, 0.717) is 6.42 Å². The fourth-order valence-corrected chi connectivity index (χ4v) is 7.34. The van der Waals surface area contributed by atoms with E-state index in [0.717, 1.165) is 6.08 Å². The standard InChI is InChI=1S/C22H28F2O5/c1-11-8-14-12-4-5-13-18(23)15(26)6-7-19(13,2)21(12,24)16(27)9-20(14,3)22(11,29)17(28)10-25/h6-7,11-12,14,16,25,27,29H,4-5,8-10H2,1-3H3/t11-,12-,14-,16-,19-,20-,21-,22-/m0/s1. The monoisotopic (exact) mass is 410 g/mol. The number of rotatable bonds is 2. The summed E-state index contributed by atoms with van der Waals surface area (Å²) in [6.45, 7) is 4.09. The van der Waals surface area contributed by atoms with Crippen LogP contribution in [0.15, 0.2) is 23.6 Å². The topological polar surface area (TPSA) is 94.8 Å².